The number of hydrogen-bond donors (Lipinski definition) is 2. The van der Waals surface area contributed by atoms with Gasteiger partial charge in [0.15, 0.2) is 5.75 Å². The quantitative estimate of drug-likeness (QED) is 0.521. The van der Waals surface area contributed by atoms with Crippen molar-refractivity contribution in [3.8, 4) is 5.75 Å². The predicted molar refractivity (Wildman–Crippen MR) is 109 cm³/mol. The Kier molecular flexibility index (Phi) is 6.77. The highest BCUT2D eigenvalue weighted by atomic mass is 35.5. The molecule has 0 radical (unpaired) electrons. The number of rotatable bonds is 5. The number of hydrogen-bond acceptors (Lipinski definition) is 6. The molecule has 1 aromatic heterocycles. The lowest BCUT2D eigenvalue weighted by Gasteiger charge is -2.17. The number of carbonyl (C=O) groups excluding carboxylic acids is 2. The van der Waals surface area contributed by atoms with Crippen LogP contribution in [0.4, 0.5) is 24.8 Å². The molecule has 2 N–H and O–H groups in total. The summed E-state index contributed by atoms with van der Waals surface area (Å²) < 4.78 is 43.6. The average molecular weight is 510 g/mol. The van der Waals surface area contributed by atoms with Crippen molar-refractivity contribution in [2.24, 2.45) is 7.05 Å². The Morgan fingerprint density at radius 1 is 1.03 bits per heavy atom. The van der Waals surface area contributed by atoms with E-state index in [1.165, 1.54) is 25.2 Å². The topological polar surface area (TPSA) is 111 Å². The molecular weight excluding hydrogens is 500 g/mol. The molecule has 3 aromatic rings. The van der Waals surface area contributed by atoms with Crippen LogP contribution in [0.1, 0.15) is 20.7 Å². The van der Waals surface area contributed by atoms with E-state index < -0.39 is 34.6 Å². The van der Waals surface area contributed by atoms with Crippen LogP contribution < -0.4 is 15.4 Å². The highest BCUT2D eigenvalue weighted by molar-refractivity contribution is 6.38. The number of aryl methyl sites for hydroxylation is 1. The third kappa shape index (κ3) is 5.58. The molecule has 3 rings (SSSR count). The van der Waals surface area contributed by atoms with Gasteiger partial charge in [0, 0.05) is 22.7 Å². The number of nitrogens with zero attached hydrogens (tertiary/aromatic N) is 4. The van der Waals surface area contributed by atoms with E-state index in [2.05, 4.69) is 30.9 Å². The zero-order chi connectivity index (χ0) is 23.6. The molecule has 0 fully saturated rings. The van der Waals surface area contributed by atoms with Gasteiger partial charge in [0.2, 0.25) is 5.95 Å². The van der Waals surface area contributed by atoms with Gasteiger partial charge in [-0.3, -0.25) is 14.9 Å². The summed E-state index contributed by atoms with van der Waals surface area (Å²) in [5.41, 5.74) is -0.964. The fourth-order valence-corrected chi connectivity index (χ4v) is 3.25. The minimum Gasteiger partial charge on any atom is -0.404 e. The lowest BCUT2D eigenvalue weighted by molar-refractivity contribution is -0.274. The van der Waals surface area contributed by atoms with Crippen LogP contribution >= 0.6 is 34.8 Å². The van der Waals surface area contributed by atoms with Crippen molar-refractivity contribution in [1.82, 2.24) is 20.2 Å². The smallest absolute Gasteiger partial charge is 0.404 e. The van der Waals surface area contributed by atoms with Crippen LogP contribution in [-0.2, 0) is 7.05 Å². The van der Waals surface area contributed by atoms with Gasteiger partial charge in [0.05, 0.1) is 10.6 Å². The zero-order valence-corrected chi connectivity index (χ0v) is 17.9. The summed E-state index contributed by atoms with van der Waals surface area (Å²) in [7, 11) is 1.44. The molecule has 2 aromatic carbocycles. The van der Waals surface area contributed by atoms with Gasteiger partial charge in [-0.05, 0) is 40.8 Å². The van der Waals surface area contributed by atoms with Crippen molar-refractivity contribution >= 4 is 58.3 Å². The average Bonchev–Trinajstić information content (AvgIpc) is 3.07. The minimum absolute atomic E-state index is 0.0548. The molecule has 0 saturated heterocycles. The largest absolute Gasteiger partial charge is 0.573 e. The van der Waals surface area contributed by atoms with Crippen molar-refractivity contribution in [3.05, 3.63) is 56.5 Å². The number of alkyl halides is 3. The summed E-state index contributed by atoms with van der Waals surface area (Å²) in [4.78, 5) is 25.2. The molecule has 0 aliphatic carbocycles. The van der Waals surface area contributed by atoms with Crippen LogP contribution in [0.15, 0.2) is 30.3 Å². The Morgan fingerprint density at radius 2 is 1.69 bits per heavy atom. The lowest BCUT2D eigenvalue weighted by atomic mass is 10.1. The van der Waals surface area contributed by atoms with Crippen LogP contribution in [-0.4, -0.2) is 38.4 Å². The number of anilines is 2. The second-order valence-electron chi connectivity index (χ2n) is 6.04. The van der Waals surface area contributed by atoms with Gasteiger partial charge in [-0.1, -0.05) is 39.9 Å². The Balaban J connectivity index is 2.00. The van der Waals surface area contributed by atoms with Crippen LogP contribution in [0.5, 0.6) is 5.75 Å². The highest BCUT2D eigenvalue weighted by Crippen LogP contribution is 2.39. The molecule has 0 aliphatic rings. The number of nitrogens with one attached hydrogen (secondary N) is 2. The van der Waals surface area contributed by atoms with Crippen LogP contribution in [0, 0.1) is 0 Å². The standard InChI is InChI=1S/C17H10Cl3F3N6O3/c1-29-16(26-27-28-29)25-15(31)10-2-3-11(32-17(21,22)23)13(12(10)20)24-14(30)7-4-8(18)6-9(19)5-7/h2-6H,1H3,(H,24,30)(H,25,26,28,31). The molecule has 168 valence electrons. The first kappa shape index (κ1) is 23.6. The summed E-state index contributed by atoms with van der Waals surface area (Å²) in [6.07, 6.45) is -5.10. The van der Waals surface area contributed by atoms with Crippen molar-refractivity contribution in [2.75, 3.05) is 10.6 Å². The van der Waals surface area contributed by atoms with Crippen molar-refractivity contribution in [1.29, 1.82) is 0 Å². The Hall–Kier alpha value is -3.09. The highest BCUT2D eigenvalue weighted by Gasteiger charge is 2.34. The normalized spacial score (nSPS) is 11.2. The molecule has 1 heterocycles. The summed E-state index contributed by atoms with van der Waals surface area (Å²) in [5.74, 6) is -2.66. The van der Waals surface area contributed by atoms with Gasteiger partial charge in [-0.15, -0.1) is 13.2 Å². The van der Waals surface area contributed by atoms with Gasteiger partial charge >= 0.3 is 6.36 Å². The summed E-state index contributed by atoms with van der Waals surface area (Å²) in [6.45, 7) is 0. The number of halogens is 6. The molecule has 15 heteroatoms. The molecule has 32 heavy (non-hydrogen) atoms. The predicted octanol–water partition coefficient (Wildman–Crippen LogP) is 4.57. The summed E-state index contributed by atoms with van der Waals surface area (Å²) >= 11 is 17.9. The molecule has 0 unspecified atom stereocenters. The van der Waals surface area contributed by atoms with Crippen molar-refractivity contribution < 1.29 is 27.5 Å². The lowest BCUT2D eigenvalue weighted by Crippen LogP contribution is -2.21. The molecule has 9 nitrogen and oxygen atoms in total. The Morgan fingerprint density at radius 3 is 2.25 bits per heavy atom. The van der Waals surface area contributed by atoms with E-state index in [1.807, 2.05) is 0 Å². The minimum atomic E-state index is -5.10. The van der Waals surface area contributed by atoms with Gasteiger partial charge in [-0.25, -0.2) is 4.68 Å². The third-order valence-electron chi connectivity index (χ3n) is 3.78. The zero-order valence-electron chi connectivity index (χ0n) is 15.7. The number of aromatic nitrogens is 4. The van der Waals surface area contributed by atoms with Gasteiger partial charge in [0.25, 0.3) is 11.8 Å². The maximum Gasteiger partial charge on any atom is 0.573 e. The Labute approximate surface area is 192 Å². The molecular formula is C17H10Cl3F3N6O3. The molecule has 0 saturated carbocycles. The number of benzene rings is 2. The first-order valence-electron chi connectivity index (χ1n) is 8.34. The summed E-state index contributed by atoms with van der Waals surface area (Å²) in [5, 5.41) is 14.7. The van der Waals surface area contributed by atoms with Crippen molar-refractivity contribution in [3.63, 3.8) is 0 Å². The molecule has 0 spiro atoms. The monoisotopic (exact) mass is 508 g/mol. The first-order valence-corrected chi connectivity index (χ1v) is 9.47. The van der Waals surface area contributed by atoms with E-state index in [9.17, 15) is 22.8 Å². The van der Waals surface area contributed by atoms with Crippen molar-refractivity contribution in [2.45, 2.75) is 6.36 Å². The van der Waals surface area contributed by atoms with E-state index in [0.29, 0.717) is 0 Å². The van der Waals surface area contributed by atoms with Crippen LogP contribution in [0.25, 0.3) is 0 Å². The Bertz CT molecular complexity index is 1180. The third-order valence-corrected chi connectivity index (χ3v) is 4.61. The number of tetrazole rings is 1. The second-order valence-corrected chi connectivity index (χ2v) is 7.29. The van der Waals surface area contributed by atoms with E-state index in [1.54, 1.807) is 0 Å². The summed E-state index contributed by atoms with van der Waals surface area (Å²) in [6, 6.07) is 5.63. The number of amides is 2. The molecule has 0 bridgehead atoms. The first-order chi connectivity index (χ1) is 14.9. The number of carbonyl (C=O) groups is 2. The van der Waals surface area contributed by atoms with E-state index in [4.69, 9.17) is 34.8 Å². The fraction of sp³-hybridized carbons (Fsp3) is 0.118. The van der Waals surface area contributed by atoms with Crippen LogP contribution in [0.2, 0.25) is 15.1 Å². The maximum atomic E-state index is 12.9. The molecule has 2 amide bonds. The maximum absolute atomic E-state index is 12.9. The fourth-order valence-electron chi connectivity index (χ4n) is 2.43. The second kappa shape index (κ2) is 9.18. The van der Waals surface area contributed by atoms with E-state index >= 15 is 0 Å². The van der Waals surface area contributed by atoms with Gasteiger partial charge < -0.3 is 10.1 Å². The SMILES string of the molecule is Cn1nnnc1NC(=O)c1ccc(OC(F)(F)F)c(NC(=O)c2cc(Cl)cc(Cl)c2)c1Cl. The number of ether oxygens (including phenoxy) is 1. The molecule has 0 atom stereocenters. The van der Waals surface area contributed by atoms with E-state index in [-0.39, 0.29) is 27.1 Å². The molecule has 0 aliphatic heterocycles. The van der Waals surface area contributed by atoms with Gasteiger partial charge in [0.1, 0.15) is 5.69 Å². The van der Waals surface area contributed by atoms with E-state index in [0.717, 1.165) is 16.8 Å². The van der Waals surface area contributed by atoms with Gasteiger partial charge in [-0.2, -0.15) is 0 Å². The van der Waals surface area contributed by atoms with Crippen LogP contribution in [0.3, 0.4) is 0 Å².